The number of nitrogens with zero attached hydrogens (tertiary/aromatic N) is 2. The number of carbonyl (C=O) groups excluding carboxylic acids is 1. The smallest absolute Gasteiger partial charge is 0.374 e. The number of nitrogens with one attached hydrogen (secondary N) is 2. The van der Waals surface area contributed by atoms with Gasteiger partial charge in [0.2, 0.25) is 0 Å². The van der Waals surface area contributed by atoms with Gasteiger partial charge in [-0.25, -0.2) is 9.78 Å². The van der Waals surface area contributed by atoms with E-state index in [1.807, 2.05) is 31.5 Å². The Kier molecular flexibility index (Phi) is 17.1. The number of carbonyl (C=O) groups is 1. The minimum absolute atomic E-state index is 0.0681. The quantitative estimate of drug-likeness (QED) is 0.200. The van der Waals surface area contributed by atoms with Gasteiger partial charge in [-0.05, 0) is 40.0 Å². The lowest BCUT2D eigenvalue weighted by molar-refractivity contribution is 0.0706. The maximum Gasteiger partial charge on any atom is 0.500 e. The number of hydrogen-bond donors (Lipinski definition) is 2. The molecule has 1 rings (SSSR count). The summed E-state index contributed by atoms with van der Waals surface area (Å²) in [6.07, 6.45) is 15.9. The van der Waals surface area contributed by atoms with E-state index in [-0.39, 0.29) is 6.03 Å². The van der Waals surface area contributed by atoms with Crippen LogP contribution in [0.25, 0.3) is 0 Å². The maximum atomic E-state index is 11.8. The van der Waals surface area contributed by atoms with E-state index in [4.69, 9.17) is 13.3 Å². The number of unbranched alkanes of at least 4 members (excludes halogenated alkanes) is 7. The highest BCUT2D eigenvalue weighted by Crippen LogP contribution is 2.20. The highest BCUT2D eigenvalue weighted by Gasteiger charge is 2.39. The summed E-state index contributed by atoms with van der Waals surface area (Å²) >= 11 is 0. The summed E-state index contributed by atoms with van der Waals surface area (Å²) < 4.78 is 19.7. The van der Waals surface area contributed by atoms with E-state index >= 15 is 0 Å². The molecule has 0 saturated carbocycles. The highest BCUT2D eigenvalue weighted by atomic mass is 28.4. The molecule has 0 aliphatic heterocycles. The monoisotopic (exact) mass is 470 g/mol. The molecule has 0 saturated heterocycles. The highest BCUT2D eigenvalue weighted by molar-refractivity contribution is 6.60. The SMILES string of the molecule is CCO[Si](CCCCCCCCCCNC(=O)NCCCn1ccnc1)(OCC)OCC. The molecular weight excluding hydrogens is 424 g/mol. The van der Waals surface area contributed by atoms with E-state index in [2.05, 4.69) is 15.6 Å². The first-order chi connectivity index (χ1) is 15.7. The van der Waals surface area contributed by atoms with Gasteiger partial charge < -0.3 is 28.5 Å². The van der Waals surface area contributed by atoms with E-state index in [1.54, 1.807) is 12.5 Å². The molecule has 0 radical (unpaired) electrons. The number of hydrogen-bond acceptors (Lipinski definition) is 5. The van der Waals surface area contributed by atoms with Crippen molar-refractivity contribution in [1.82, 2.24) is 20.2 Å². The second-order valence-electron chi connectivity index (χ2n) is 7.90. The summed E-state index contributed by atoms with van der Waals surface area (Å²) in [5, 5.41) is 5.84. The van der Waals surface area contributed by atoms with Gasteiger partial charge in [0.1, 0.15) is 0 Å². The summed E-state index contributed by atoms with van der Waals surface area (Å²) in [6.45, 7) is 10.2. The summed E-state index contributed by atoms with van der Waals surface area (Å²) in [6, 6.07) is 0.848. The van der Waals surface area contributed by atoms with Crippen LogP contribution < -0.4 is 10.6 Å². The van der Waals surface area contributed by atoms with E-state index in [0.29, 0.717) is 26.4 Å². The Balaban J connectivity index is 1.92. The molecule has 0 aliphatic carbocycles. The van der Waals surface area contributed by atoms with Gasteiger partial charge >= 0.3 is 14.8 Å². The van der Waals surface area contributed by atoms with E-state index in [9.17, 15) is 4.79 Å². The summed E-state index contributed by atoms with van der Waals surface area (Å²) in [7, 11) is -2.46. The molecule has 1 heterocycles. The second-order valence-corrected chi connectivity index (χ2v) is 10.6. The molecule has 0 fully saturated rings. The molecule has 186 valence electrons. The van der Waals surface area contributed by atoms with Crippen molar-refractivity contribution in [2.45, 2.75) is 91.1 Å². The third-order valence-corrected chi connectivity index (χ3v) is 8.38. The zero-order valence-electron chi connectivity index (χ0n) is 20.6. The number of aryl methyl sites for hydroxylation is 1. The fraction of sp³-hybridized carbons (Fsp3) is 0.826. The van der Waals surface area contributed by atoms with E-state index in [0.717, 1.165) is 44.8 Å². The van der Waals surface area contributed by atoms with Gasteiger partial charge in [0.05, 0.1) is 6.33 Å². The van der Waals surface area contributed by atoms with Gasteiger partial charge in [-0.2, -0.15) is 0 Å². The zero-order chi connectivity index (χ0) is 23.3. The lowest BCUT2D eigenvalue weighted by Crippen LogP contribution is -2.45. The third kappa shape index (κ3) is 13.9. The van der Waals surface area contributed by atoms with Gasteiger partial charge in [-0.1, -0.05) is 38.5 Å². The third-order valence-electron chi connectivity index (χ3n) is 5.23. The largest absolute Gasteiger partial charge is 0.500 e. The van der Waals surface area contributed by atoms with Crippen molar-refractivity contribution in [3.05, 3.63) is 18.7 Å². The van der Waals surface area contributed by atoms with Crippen molar-refractivity contribution in [3.8, 4) is 0 Å². The lowest BCUT2D eigenvalue weighted by Gasteiger charge is -2.28. The Morgan fingerprint density at radius 1 is 0.812 bits per heavy atom. The second kappa shape index (κ2) is 19.1. The molecule has 8 nitrogen and oxygen atoms in total. The Hall–Kier alpha value is -1.42. The predicted molar refractivity (Wildman–Crippen MR) is 131 cm³/mol. The van der Waals surface area contributed by atoms with Crippen molar-refractivity contribution in [1.29, 1.82) is 0 Å². The standard InChI is InChI=1S/C23H46N4O4Si/c1-4-29-32(30-5-2,31-6-3)21-14-12-10-8-7-9-11-13-16-25-23(28)26-17-15-19-27-20-18-24-22-27/h18,20,22H,4-17,19,21H2,1-3H3,(H2,25,26,28). The molecule has 2 N–H and O–H groups in total. The average Bonchev–Trinajstić information content (AvgIpc) is 3.29. The summed E-state index contributed by atoms with van der Waals surface area (Å²) in [5.41, 5.74) is 0. The topological polar surface area (TPSA) is 86.6 Å². The Morgan fingerprint density at radius 2 is 1.34 bits per heavy atom. The van der Waals surface area contributed by atoms with Gasteiger partial charge in [-0.15, -0.1) is 0 Å². The maximum absolute atomic E-state index is 11.8. The number of aromatic nitrogens is 2. The first kappa shape index (κ1) is 28.6. The van der Waals surface area contributed by atoms with Crippen molar-refractivity contribution in [3.63, 3.8) is 0 Å². The fourth-order valence-corrected chi connectivity index (χ4v) is 6.36. The molecular formula is C23H46N4O4Si. The Bertz CT molecular complexity index is 543. The van der Waals surface area contributed by atoms with Gasteiger partial charge in [0.15, 0.2) is 0 Å². The fourth-order valence-electron chi connectivity index (χ4n) is 3.68. The summed E-state index contributed by atoms with van der Waals surface area (Å²) in [5.74, 6) is 0. The van der Waals surface area contributed by atoms with Crippen molar-refractivity contribution in [2.24, 2.45) is 0 Å². The molecule has 32 heavy (non-hydrogen) atoms. The van der Waals surface area contributed by atoms with Crippen molar-refractivity contribution >= 4 is 14.8 Å². The van der Waals surface area contributed by atoms with Crippen LogP contribution in [0.4, 0.5) is 4.79 Å². The van der Waals surface area contributed by atoms with Crippen molar-refractivity contribution < 1.29 is 18.1 Å². The van der Waals surface area contributed by atoms with E-state index in [1.165, 1.54) is 32.1 Å². The van der Waals surface area contributed by atoms with Crippen LogP contribution in [0.1, 0.15) is 78.6 Å². The molecule has 0 bridgehead atoms. The number of amides is 2. The average molecular weight is 471 g/mol. The Morgan fingerprint density at radius 3 is 1.88 bits per heavy atom. The number of urea groups is 1. The van der Waals surface area contributed by atoms with Crippen LogP contribution in [0, 0.1) is 0 Å². The normalized spacial score (nSPS) is 11.6. The molecule has 0 spiro atoms. The molecule has 0 aromatic carbocycles. The Labute approximate surface area is 196 Å². The van der Waals surface area contributed by atoms with Crippen LogP contribution in [0.2, 0.25) is 6.04 Å². The van der Waals surface area contributed by atoms with Gasteiger partial charge in [0, 0.05) is 57.9 Å². The van der Waals surface area contributed by atoms with Crippen molar-refractivity contribution in [2.75, 3.05) is 32.9 Å². The van der Waals surface area contributed by atoms with E-state index < -0.39 is 8.80 Å². The van der Waals surface area contributed by atoms with Crippen LogP contribution in [-0.4, -0.2) is 57.3 Å². The molecule has 1 aromatic heterocycles. The minimum Gasteiger partial charge on any atom is -0.374 e. The molecule has 0 aliphatic rings. The molecule has 1 aromatic rings. The number of imidazole rings is 1. The summed E-state index contributed by atoms with van der Waals surface area (Å²) in [4.78, 5) is 15.8. The van der Waals surface area contributed by atoms with Crippen LogP contribution in [0.3, 0.4) is 0 Å². The predicted octanol–water partition coefficient (Wildman–Crippen LogP) is 4.74. The van der Waals surface area contributed by atoms with Crippen LogP contribution >= 0.6 is 0 Å². The zero-order valence-corrected chi connectivity index (χ0v) is 21.6. The van der Waals surface area contributed by atoms with Gasteiger partial charge in [0.25, 0.3) is 0 Å². The first-order valence-electron chi connectivity index (χ1n) is 12.5. The molecule has 9 heteroatoms. The van der Waals surface area contributed by atoms with Crippen LogP contribution in [-0.2, 0) is 19.8 Å². The first-order valence-corrected chi connectivity index (χ1v) is 14.5. The van der Waals surface area contributed by atoms with Gasteiger partial charge in [-0.3, -0.25) is 0 Å². The lowest BCUT2D eigenvalue weighted by atomic mass is 10.1. The molecule has 0 atom stereocenters. The molecule has 0 unspecified atom stereocenters. The van der Waals surface area contributed by atoms with Crippen LogP contribution in [0.5, 0.6) is 0 Å². The molecule has 2 amide bonds. The van der Waals surface area contributed by atoms with Crippen LogP contribution in [0.15, 0.2) is 18.7 Å². The number of rotatable bonds is 21. The minimum atomic E-state index is -2.46.